The number of hydrogen-bond acceptors (Lipinski definition) is 5. The van der Waals surface area contributed by atoms with Gasteiger partial charge in [-0.05, 0) is 116 Å². The smallest absolute Gasteiger partial charge is 0.164 e. The molecule has 4 nitrogen and oxygen atoms in total. The molecule has 0 unspecified atom stereocenters. The van der Waals surface area contributed by atoms with E-state index in [0.717, 1.165) is 60.9 Å². The van der Waals surface area contributed by atoms with Crippen molar-refractivity contribution >= 4 is 53.4 Å². The summed E-state index contributed by atoms with van der Waals surface area (Å²) in [5, 5.41) is 4.41. The average molecular weight is 850 g/mol. The van der Waals surface area contributed by atoms with Crippen molar-refractivity contribution in [1.29, 1.82) is 0 Å². The molecule has 0 N–H and O–H groups in total. The van der Waals surface area contributed by atoms with E-state index in [4.69, 9.17) is 19.4 Å². The quantitative estimate of drug-likeness (QED) is 0.167. The lowest BCUT2D eigenvalue weighted by molar-refractivity contribution is 0.660. The first-order valence-electron chi connectivity index (χ1n) is 22.1. The molecule has 0 aliphatic heterocycles. The highest BCUT2D eigenvalue weighted by Crippen LogP contribution is 2.50. The monoisotopic (exact) mass is 849 g/mol. The topological polar surface area (TPSA) is 51.8 Å². The summed E-state index contributed by atoms with van der Waals surface area (Å²) < 4.78 is 9.09. The Labute approximate surface area is 380 Å². The van der Waals surface area contributed by atoms with Crippen LogP contribution in [0.25, 0.3) is 121 Å². The molecule has 306 valence electrons. The molecule has 3 aromatic heterocycles. The van der Waals surface area contributed by atoms with Crippen LogP contribution in [0.5, 0.6) is 0 Å². The molecule has 0 radical (unpaired) electrons. The molecule has 1 aliphatic carbocycles. The molecule has 3 heterocycles. The highest BCUT2D eigenvalue weighted by Gasteiger charge is 2.35. The Morgan fingerprint density at radius 1 is 0.354 bits per heavy atom. The van der Waals surface area contributed by atoms with Crippen LogP contribution in [-0.2, 0) is 5.41 Å². The van der Waals surface area contributed by atoms with Crippen molar-refractivity contribution in [1.82, 2.24) is 15.0 Å². The molecule has 0 saturated carbocycles. The van der Waals surface area contributed by atoms with Crippen LogP contribution in [0.3, 0.4) is 0 Å². The second kappa shape index (κ2) is 14.5. The first-order valence-corrected chi connectivity index (χ1v) is 22.9. The summed E-state index contributed by atoms with van der Waals surface area (Å²) in [5.74, 6) is 1.82. The summed E-state index contributed by atoms with van der Waals surface area (Å²) in [4.78, 5) is 15.8. The highest BCUT2D eigenvalue weighted by atomic mass is 32.1. The Morgan fingerprint density at radius 3 is 1.75 bits per heavy atom. The fourth-order valence-electron chi connectivity index (χ4n) is 10.0. The lowest BCUT2D eigenvalue weighted by atomic mass is 9.81. The number of nitrogens with zero attached hydrogens (tertiary/aromatic N) is 3. The van der Waals surface area contributed by atoms with E-state index in [2.05, 4.69) is 196 Å². The van der Waals surface area contributed by atoms with E-state index in [-0.39, 0.29) is 5.41 Å². The van der Waals surface area contributed by atoms with Crippen LogP contribution in [0, 0.1) is 0 Å². The molecule has 1 aliphatic rings. The largest absolute Gasteiger partial charge is 0.456 e. The number of hydrogen-bond donors (Lipinski definition) is 0. The maximum Gasteiger partial charge on any atom is 0.164 e. The van der Waals surface area contributed by atoms with Crippen molar-refractivity contribution in [3.63, 3.8) is 0 Å². The van der Waals surface area contributed by atoms with Crippen LogP contribution >= 0.6 is 11.3 Å². The van der Waals surface area contributed by atoms with Gasteiger partial charge in [-0.3, -0.25) is 0 Å². The lowest BCUT2D eigenvalue weighted by Crippen LogP contribution is -2.14. The van der Waals surface area contributed by atoms with E-state index >= 15 is 0 Å². The summed E-state index contributed by atoms with van der Waals surface area (Å²) in [6.45, 7) is 4.67. The van der Waals surface area contributed by atoms with Crippen molar-refractivity contribution in [2.75, 3.05) is 0 Å². The van der Waals surface area contributed by atoms with Crippen molar-refractivity contribution in [2.45, 2.75) is 19.3 Å². The molecule has 0 atom stereocenters. The zero-order chi connectivity index (χ0) is 43.2. The molecular weight excluding hydrogens is 811 g/mol. The van der Waals surface area contributed by atoms with Gasteiger partial charge in [-0.15, -0.1) is 11.3 Å². The van der Waals surface area contributed by atoms with E-state index < -0.39 is 0 Å². The summed E-state index contributed by atoms with van der Waals surface area (Å²) in [6.07, 6.45) is 0. The Balaban J connectivity index is 0.950. The number of rotatable bonds is 6. The molecule has 12 aromatic rings. The molecule has 0 saturated heterocycles. The second-order valence-electron chi connectivity index (χ2n) is 17.6. The standard InChI is InChI=1S/C60H39N3OS/c1-60(2)50-22-8-6-19-44(50)45-28-25-41(35-51(45)60)39-17-10-16-38(31-39)40-26-29-52-49(33-40)56-47(21-12-23-53(56)64-52)59-62-57(42-18-11-15-37(32-42)36-13-4-3-5-14-36)61-58(63-59)43-27-30-55-48(34-43)46-20-7-9-24-54(46)65-55/h3-35H,1-2H3. The summed E-state index contributed by atoms with van der Waals surface area (Å²) in [5.41, 5.74) is 16.6. The van der Waals surface area contributed by atoms with Gasteiger partial charge in [-0.2, -0.15) is 0 Å². The number of thiophene rings is 1. The molecular formula is C60H39N3OS. The minimum Gasteiger partial charge on any atom is -0.456 e. The average Bonchev–Trinajstić information content (AvgIpc) is 4.01. The SMILES string of the molecule is CC1(C)c2ccccc2-c2ccc(-c3cccc(-c4ccc5oc6cccc(-c7nc(-c8cccc(-c9ccccc9)c8)nc(-c8ccc9sc%10ccccc%10c9c8)n7)c6c5c4)c3)cc21. The maximum absolute atomic E-state index is 6.59. The molecule has 0 amide bonds. The Bertz CT molecular complexity index is 3880. The predicted octanol–water partition coefficient (Wildman–Crippen LogP) is 16.4. The van der Waals surface area contributed by atoms with Crippen LogP contribution < -0.4 is 0 Å². The number of benzene rings is 9. The number of furan rings is 1. The molecule has 0 fully saturated rings. The molecule has 5 heteroatoms. The van der Waals surface area contributed by atoms with Gasteiger partial charge in [0.15, 0.2) is 17.5 Å². The maximum atomic E-state index is 6.59. The summed E-state index contributed by atoms with van der Waals surface area (Å²) in [6, 6.07) is 71.4. The van der Waals surface area contributed by atoms with Gasteiger partial charge < -0.3 is 4.42 Å². The zero-order valence-corrected chi connectivity index (χ0v) is 36.5. The second-order valence-corrected chi connectivity index (χ2v) is 18.6. The third kappa shape index (κ3) is 6.15. The van der Waals surface area contributed by atoms with Gasteiger partial charge in [0.2, 0.25) is 0 Å². The number of aromatic nitrogens is 3. The number of fused-ring (bicyclic) bond motifs is 9. The van der Waals surface area contributed by atoms with Gasteiger partial charge >= 0.3 is 0 Å². The van der Waals surface area contributed by atoms with Crippen molar-refractivity contribution in [3.05, 3.63) is 211 Å². The van der Waals surface area contributed by atoms with Crippen LogP contribution in [0.2, 0.25) is 0 Å². The van der Waals surface area contributed by atoms with Gasteiger partial charge in [-0.1, -0.05) is 153 Å². The molecule has 13 rings (SSSR count). The van der Waals surface area contributed by atoms with Gasteiger partial charge in [0.25, 0.3) is 0 Å². The fraction of sp³-hybridized carbons (Fsp3) is 0.0500. The van der Waals surface area contributed by atoms with E-state index in [1.54, 1.807) is 11.3 Å². The normalized spacial score (nSPS) is 12.9. The summed E-state index contributed by atoms with van der Waals surface area (Å²) >= 11 is 1.81. The van der Waals surface area contributed by atoms with Gasteiger partial charge in [0, 0.05) is 53.1 Å². The van der Waals surface area contributed by atoms with Gasteiger partial charge in [0.05, 0.1) is 0 Å². The Kier molecular flexibility index (Phi) is 8.39. The molecule has 0 spiro atoms. The fourth-order valence-corrected chi connectivity index (χ4v) is 11.1. The predicted molar refractivity (Wildman–Crippen MR) is 270 cm³/mol. The van der Waals surface area contributed by atoms with Crippen LogP contribution in [-0.4, -0.2) is 15.0 Å². The van der Waals surface area contributed by atoms with E-state index in [0.29, 0.717) is 17.5 Å². The zero-order valence-electron chi connectivity index (χ0n) is 35.7. The van der Waals surface area contributed by atoms with Crippen LogP contribution in [0.1, 0.15) is 25.0 Å². The van der Waals surface area contributed by atoms with E-state index in [9.17, 15) is 0 Å². The molecule has 65 heavy (non-hydrogen) atoms. The van der Waals surface area contributed by atoms with Crippen molar-refractivity contribution in [2.24, 2.45) is 0 Å². The van der Waals surface area contributed by atoms with E-state index in [1.807, 2.05) is 18.2 Å². The first-order chi connectivity index (χ1) is 31.9. The minimum atomic E-state index is -0.0661. The van der Waals surface area contributed by atoms with Crippen molar-refractivity contribution in [3.8, 4) is 78.7 Å². The highest BCUT2D eigenvalue weighted by molar-refractivity contribution is 7.25. The summed E-state index contributed by atoms with van der Waals surface area (Å²) in [7, 11) is 0. The lowest BCUT2D eigenvalue weighted by Gasteiger charge is -2.22. The Hall–Kier alpha value is -7.99. The van der Waals surface area contributed by atoms with E-state index in [1.165, 1.54) is 53.6 Å². The van der Waals surface area contributed by atoms with Crippen LogP contribution in [0.15, 0.2) is 205 Å². The first kappa shape index (κ1) is 37.6. The third-order valence-electron chi connectivity index (χ3n) is 13.3. The van der Waals surface area contributed by atoms with Gasteiger partial charge in [0.1, 0.15) is 11.2 Å². The van der Waals surface area contributed by atoms with Gasteiger partial charge in [-0.25, -0.2) is 15.0 Å². The van der Waals surface area contributed by atoms with Crippen molar-refractivity contribution < 1.29 is 4.42 Å². The minimum absolute atomic E-state index is 0.0661. The Morgan fingerprint density at radius 2 is 0.908 bits per heavy atom. The molecule has 0 bridgehead atoms. The molecule has 9 aromatic carbocycles. The van der Waals surface area contributed by atoms with Crippen LogP contribution in [0.4, 0.5) is 0 Å². The third-order valence-corrected chi connectivity index (χ3v) is 14.5.